The van der Waals surface area contributed by atoms with E-state index in [1.165, 1.54) is 12.1 Å². The molecule has 1 aromatic carbocycles. The third-order valence-corrected chi connectivity index (χ3v) is 4.79. The van der Waals surface area contributed by atoms with E-state index in [0.29, 0.717) is 13.1 Å². The summed E-state index contributed by atoms with van der Waals surface area (Å²) in [5.74, 6) is 0.501. The third-order valence-electron chi connectivity index (χ3n) is 4.79. The van der Waals surface area contributed by atoms with Crippen LogP contribution in [0.3, 0.4) is 0 Å². The molecule has 1 aliphatic heterocycles. The number of rotatable bonds is 7. The van der Waals surface area contributed by atoms with Crippen LogP contribution in [0.5, 0.6) is 0 Å². The zero-order chi connectivity index (χ0) is 19.8. The van der Waals surface area contributed by atoms with Gasteiger partial charge >= 0.3 is 6.03 Å². The van der Waals surface area contributed by atoms with Gasteiger partial charge in [0.15, 0.2) is 0 Å². The number of halogens is 1. The van der Waals surface area contributed by atoms with E-state index in [1.54, 1.807) is 30.4 Å². The number of carbonyl (C=O) groups is 1. The fourth-order valence-electron chi connectivity index (χ4n) is 3.24. The zero-order valence-corrected chi connectivity index (χ0v) is 16.2. The summed E-state index contributed by atoms with van der Waals surface area (Å²) in [6, 6.07) is 7.99. The molecule has 0 spiro atoms. The molecule has 0 saturated carbocycles. The van der Waals surface area contributed by atoms with Crippen molar-refractivity contribution < 1.29 is 9.18 Å². The highest BCUT2D eigenvalue weighted by Crippen LogP contribution is 2.10. The van der Waals surface area contributed by atoms with Crippen molar-refractivity contribution in [3.05, 3.63) is 54.1 Å². The predicted molar refractivity (Wildman–Crippen MR) is 107 cm³/mol. The maximum absolute atomic E-state index is 13.2. The maximum Gasteiger partial charge on any atom is 0.317 e. The van der Waals surface area contributed by atoms with E-state index in [1.807, 2.05) is 12.1 Å². The summed E-state index contributed by atoms with van der Waals surface area (Å²) in [5.41, 5.74) is 0.776. The molecule has 2 heterocycles. The van der Waals surface area contributed by atoms with Crippen molar-refractivity contribution in [1.82, 2.24) is 25.1 Å². The van der Waals surface area contributed by atoms with Crippen LogP contribution in [0.4, 0.5) is 15.1 Å². The molecular weight excluding hydrogens is 359 g/mol. The first-order valence-corrected chi connectivity index (χ1v) is 9.59. The monoisotopic (exact) mass is 386 g/mol. The van der Waals surface area contributed by atoms with Crippen LogP contribution < -0.4 is 10.2 Å². The quantitative estimate of drug-likeness (QED) is 0.737. The van der Waals surface area contributed by atoms with Crippen molar-refractivity contribution in [3.8, 4) is 0 Å². The van der Waals surface area contributed by atoms with Gasteiger partial charge < -0.3 is 15.1 Å². The van der Waals surface area contributed by atoms with Gasteiger partial charge in [-0.3, -0.25) is 4.90 Å². The number of hydrogen-bond donors (Lipinski definition) is 1. The molecule has 3 rings (SSSR count). The Kier molecular flexibility index (Phi) is 7.13. The highest BCUT2D eigenvalue weighted by Gasteiger charge is 2.18. The number of piperazine rings is 1. The summed E-state index contributed by atoms with van der Waals surface area (Å²) < 4.78 is 13.2. The molecular formula is C20H27FN6O. The number of benzene rings is 1. The van der Waals surface area contributed by atoms with E-state index in [0.717, 1.165) is 50.7 Å². The lowest BCUT2D eigenvalue weighted by Crippen LogP contribution is -2.47. The lowest BCUT2D eigenvalue weighted by atomic mass is 10.2. The Morgan fingerprint density at radius 2 is 1.93 bits per heavy atom. The van der Waals surface area contributed by atoms with Gasteiger partial charge in [0.25, 0.3) is 0 Å². The Hall–Kier alpha value is -2.74. The number of aromatic nitrogens is 2. The minimum Gasteiger partial charge on any atom is -0.338 e. The Bertz CT molecular complexity index is 751. The summed E-state index contributed by atoms with van der Waals surface area (Å²) in [5, 5.41) is 2.93. The Labute approximate surface area is 165 Å². The number of nitrogens with one attached hydrogen (secondary N) is 1. The Morgan fingerprint density at radius 1 is 1.18 bits per heavy atom. The normalized spacial score (nSPS) is 14.7. The molecule has 0 radical (unpaired) electrons. The lowest BCUT2D eigenvalue weighted by Gasteiger charge is -2.34. The number of anilines is 1. The van der Waals surface area contributed by atoms with Crippen LogP contribution >= 0.6 is 0 Å². The molecule has 8 heteroatoms. The Balaban J connectivity index is 1.31. The number of carbonyl (C=O) groups excluding carboxylic acids is 1. The SMILES string of the molecule is CN(Cc1cccc(F)c1)C(=O)NCCCN1CCN(c2ncccn2)CC1. The fourth-order valence-corrected chi connectivity index (χ4v) is 3.24. The summed E-state index contributed by atoms with van der Waals surface area (Å²) in [7, 11) is 1.71. The second-order valence-electron chi connectivity index (χ2n) is 6.95. The third kappa shape index (κ3) is 5.88. The van der Waals surface area contributed by atoms with Crippen molar-refractivity contribution in [2.75, 3.05) is 51.2 Å². The molecule has 2 amide bonds. The van der Waals surface area contributed by atoms with Gasteiger partial charge in [0, 0.05) is 58.7 Å². The van der Waals surface area contributed by atoms with Crippen LogP contribution in [0.1, 0.15) is 12.0 Å². The molecule has 1 aromatic heterocycles. The van der Waals surface area contributed by atoms with Crippen molar-refractivity contribution in [2.24, 2.45) is 0 Å². The number of amides is 2. The van der Waals surface area contributed by atoms with Gasteiger partial charge in [-0.05, 0) is 36.7 Å². The van der Waals surface area contributed by atoms with Crippen LogP contribution in [-0.4, -0.2) is 72.1 Å². The second kappa shape index (κ2) is 9.98. The van der Waals surface area contributed by atoms with Gasteiger partial charge in [-0.2, -0.15) is 0 Å². The Morgan fingerprint density at radius 3 is 2.64 bits per heavy atom. The smallest absolute Gasteiger partial charge is 0.317 e. The van der Waals surface area contributed by atoms with Crippen molar-refractivity contribution in [2.45, 2.75) is 13.0 Å². The molecule has 150 valence electrons. The van der Waals surface area contributed by atoms with Crippen molar-refractivity contribution in [3.63, 3.8) is 0 Å². The van der Waals surface area contributed by atoms with E-state index in [2.05, 4.69) is 25.1 Å². The van der Waals surface area contributed by atoms with Gasteiger partial charge in [-0.25, -0.2) is 19.2 Å². The fraction of sp³-hybridized carbons (Fsp3) is 0.450. The van der Waals surface area contributed by atoms with Crippen LogP contribution in [0.15, 0.2) is 42.7 Å². The second-order valence-corrected chi connectivity index (χ2v) is 6.95. The average molecular weight is 386 g/mol. The predicted octanol–water partition coefficient (Wildman–Crippen LogP) is 1.97. The van der Waals surface area contributed by atoms with Gasteiger partial charge in [0.2, 0.25) is 5.95 Å². The maximum atomic E-state index is 13.2. The molecule has 1 fully saturated rings. The van der Waals surface area contributed by atoms with E-state index >= 15 is 0 Å². The van der Waals surface area contributed by atoms with E-state index in [4.69, 9.17) is 0 Å². The highest BCUT2D eigenvalue weighted by molar-refractivity contribution is 5.73. The minimum absolute atomic E-state index is 0.143. The molecule has 7 nitrogen and oxygen atoms in total. The number of nitrogens with zero attached hydrogens (tertiary/aromatic N) is 5. The summed E-state index contributed by atoms with van der Waals surface area (Å²) in [4.78, 5) is 26.9. The molecule has 0 bridgehead atoms. The molecule has 1 N–H and O–H groups in total. The van der Waals surface area contributed by atoms with E-state index < -0.39 is 0 Å². The molecule has 0 unspecified atom stereocenters. The standard InChI is InChI=1S/C20H27FN6O/c1-25(16-17-5-2-6-18(21)15-17)20(28)24-9-4-10-26-11-13-27(14-12-26)19-22-7-3-8-23-19/h2-3,5-8,15H,4,9-14,16H2,1H3,(H,24,28). The molecule has 0 atom stereocenters. The van der Waals surface area contributed by atoms with E-state index in [9.17, 15) is 9.18 Å². The molecule has 28 heavy (non-hydrogen) atoms. The van der Waals surface area contributed by atoms with Crippen LogP contribution in [-0.2, 0) is 6.54 Å². The first-order valence-electron chi connectivity index (χ1n) is 9.59. The summed E-state index contributed by atoms with van der Waals surface area (Å²) in [6.07, 6.45) is 4.42. The van der Waals surface area contributed by atoms with Crippen molar-refractivity contribution >= 4 is 12.0 Å². The molecule has 1 saturated heterocycles. The summed E-state index contributed by atoms with van der Waals surface area (Å²) in [6.45, 7) is 5.69. The van der Waals surface area contributed by atoms with Crippen LogP contribution in [0.2, 0.25) is 0 Å². The average Bonchev–Trinajstić information content (AvgIpc) is 2.72. The van der Waals surface area contributed by atoms with Gasteiger partial charge in [0.05, 0.1) is 0 Å². The molecule has 1 aliphatic rings. The van der Waals surface area contributed by atoms with Crippen LogP contribution in [0, 0.1) is 5.82 Å². The molecule has 2 aromatic rings. The van der Waals surface area contributed by atoms with Gasteiger partial charge in [-0.1, -0.05) is 12.1 Å². The first-order chi connectivity index (χ1) is 13.6. The lowest BCUT2D eigenvalue weighted by molar-refractivity contribution is 0.205. The van der Waals surface area contributed by atoms with Gasteiger partial charge in [-0.15, -0.1) is 0 Å². The minimum atomic E-state index is -0.287. The first kappa shape index (κ1) is 20.0. The largest absolute Gasteiger partial charge is 0.338 e. The van der Waals surface area contributed by atoms with Crippen molar-refractivity contribution in [1.29, 1.82) is 0 Å². The molecule has 0 aliphatic carbocycles. The zero-order valence-electron chi connectivity index (χ0n) is 16.2. The van der Waals surface area contributed by atoms with Crippen LogP contribution in [0.25, 0.3) is 0 Å². The van der Waals surface area contributed by atoms with Gasteiger partial charge in [0.1, 0.15) is 5.82 Å². The highest BCUT2D eigenvalue weighted by atomic mass is 19.1. The van der Waals surface area contributed by atoms with E-state index in [-0.39, 0.29) is 11.8 Å². The number of urea groups is 1. The summed E-state index contributed by atoms with van der Waals surface area (Å²) >= 11 is 0. The number of hydrogen-bond acceptors (Lipinski definition) is 5. The topological polar surface area (TPSA) is 64.6 Å².